The topological polar surface area (TPSA) is 69.1 Å². The highest BCUT2D eigenvalue weighted by Gasteiger charge is 2.18. The van der Waals surface area contributed by atoms with Gasteiger partial charge < -0.3 is 4.74 Å². The van der Waals surface area contributed by atoms with Crippen molar-refractivity contribution in [2.75, 3.05) is 7.11 Å². The minimum atomic E-state index is -0.424. The molecule has 5 nitrogen and oxygen atoms in total. The third-order valence-electron chi connectivity index (χ3n) is 2.23. The standard InChI is InChI=1S/C10H11N3O2/c1-5-4-7(10(14)15-3)13-9-8(5)11-6(2)12-9/h4H,1-3H3,(H,11,12,13)/p+1. The molecular weight excluding hydrogens is 194 g/mol. The van der Waals surface area contributed by atoms with E-state index in [2.05, 4.69) is 19.7 Å². The number of nitrogens with zero attached hydrogens (tertiary/aromatic N) is 1. The summed E-state index contributed by atoms with van der Waals surface area (Å²) in [5.41, 5.74) is 2.87. The van der Waals surface area contributed by atoms with Gasteiger partial charge in [-0.1, -0.05) is 4.98 Å². The molecule has 0 spiro atoms. The summed E-state index contributed by atoms with van der Waals surface area (Å²) in [6.45, 7) is 3.82. The molecule has 2 rings (SSSR count). The van der Waals surface area contributed by atoms with Crippen molar-refractivity contribution in [2.24, 2.45) is 0 Å². The Hall–Kier alpha value is -1.91. The minimum absolute atomic E-state index is 0.317. The van der Waals surface area contributed by atoms with Crippen LogP contribution in [0.5, 0.6) is 0 Å². The predicted octanol–water partition coefficient (Wildman–Crippen LogP) is 0.780. The lowest BCUT2D eigenvalue weighted by molar-refractivity contribution is -0.357. The smallest absolute Gasteiger partial charge is 0.373 e. The number of esters is 1. The second-order valence-corrected chi connectivity index (χ2v) is 3.41. The Labute approximate surface area is 86.5 Å². The normalized spacial score (nSPS) is 10.6. The fourth-order valence-corrected chi connectivity index (χ4v) is 1.53. The van der Waals surface area contributed by atoms with Crippen molar-refractivity contribution in [1.82, 2.24) is 9.97 Å². The van der Waals surface area contributed by atoms with Gasteiger partial charge in [-0.05, 0) is 18.6 Å². The molecule has 0 fully saturated rings. The summed E-state index contributed by atoms with van der Waals surface area (Å²) in [4.78, 5) is 21.7. The van der Waals surface area contributed by atoms with Crippen LogP contribution in [0, 0.1) is 13.8 Å². The van der Waals surface area contributed by atoms with E-state index in [-0.39, 0.29) is 0 Å². The van der Waals surface area contributed by atoms with Crippen LogP contribution in [0.4, 0.5) is 0 Å². The first-order chi connectivity index (χ1) is 7.11. The molecule has 0 unspecified atom stereocenters. The summed E-state index contributed by atoms with van der Waals surface area (Å²) in [7, 11) is 1.34. The molecule has 15 heavy (non-hydrogen) atoms. The van der Waals surface area contributed by atoms with E-state index in [1.165, 1.54) is 7.11 Å². The second-order valence-electron chi connectivity index (χ2n) is 3.41. The number of hydrogen-bond acceptors (Lipinski definition) is 3. The number of fused-ring (bicyclic) bond motifs is 1. The number of pyridine rings is 1. The second kappa shape index (κ2) is 3.34. The van der Waals surface area contributed by atoms with E-state index < -0.39 is 5.97 Å². The number of carbonyl (C=O) groups is 1. The average molecular weight is 206 g/mol. The van der Waals surface area contributed by atoms with E-state index >= 15 is 0 Å². The summed E-state index contributed by atoms with van der Waals surface area (Å²) in [5.74, 6) is 0.481. The van der Waals surface area contributed by atoms with Crippen LogP contribution in [0.3, 0.4) is 0 Å². The van der Waals surface area contributed by atoms with Crippen molar-refractivity contribution in [1.29, 1.82) is 0 Å². The molecule has 5 heteroatoms. The Morgan fingerprint density at radius 2 is 2.27 bits per heavy atom. The van der Waals surface area contributed by atoms with Crippen LogP contribution in [-0.2, 0) is 4.74 Å². The summed E-state index contributed by atoms with van der Waals surface area (Å²) < 4.78 is 4.62. The predicted molar refractivity (Wildman–Crippen MR) is 53.5 cm³/mol. The number of imidazole rings is 1. The van der Waals surface area contributed by atoms with Crippen LogP contribution in [0.2, 0.25) is 0 Å². The maximum Gasteiger partial charge on any atom is 0.373 e. The first kappa shape index (κ1) is 9.64. The van der Waals surface area contributed by atoms with E-state index in [4.69, 9.17) is 0 Å². The van der Waals surface area contributed by atoms with Crippen molar-refractivity contribution in [3.05, 3.63) is 23.1 Å². The number of ether oxygens (including phenoxy) is 1. The number of aryl methyl sites for hydroxylation is 2. The molecule has 0 bridgehead atoms. The van der Waals surface area contributed by atoms with Crippen LogP contribution in [0.1, 0.15) is 21.9 Å². The van der Waals surface area contributed by atoms with Crippen LogP contribution < -0.4 is 4.98 Å². The third kappa shape index (κ3) is 1.56. The highest BCUT2D eigenvalue weighted by Crippen LogP contribution is 2.13. The Balaban J connectivity index is 2.66. The largest absolute Gasteiger partial charge is 0.463 e. The highest BCUT2D eigenvalue weighted by atomic mass is 16.5. The summed E-state index contributed by atoms with van der Waals surface area (Å²) in [6.07, 6.45) is 0. The SMILES string of the molecule is COC(=O)c1cc(C)c2[nH]c(C)[nH+]c2n1. The van der Waals surface area contributed by atoms with E-state index in [1.54, 1.807) is 6.07 Å². The van der Waals surface area contributed by atoms with Gasteiger partial charge in [-0.2, -0.15) is 0 Å². The van der Waals surface area contributed by atoms with Crippen molar-refractivity contribution in [3.63, 3.8) is 0 Å². The quantitative estimate of drug-likeness (QED) is 0.701. The third-order valence-corrected chi connectivity index (χ3v) is 2.23. The van der Waals surface area contributed by atoms with Crippen LogP contribution >= 0.6 is 0 Å². The lowest BCUT2D eigenvalue weighted by Crippen LogP contribution is -2.09. The van der Waals surface area contributed by atoms with Gasteiger partial charge >= 0.3 is 11.6 Å². The minimum Gasteiger partial charge on any atom is -0.463 e. The fourth-order valence-electron chi connectivity index (χ4n) is 1.53. The first-order valence-corrected chi connectivity index (χ1v) is 4.59. The van der Waals surface area contributed by atoms with E-state index in [9.17, 15) is 4.79 Å². The molecule has 0 aromatic carbocycles. The number of aromatic amines is 2. The molecule has 0 aliphatic carbocycles. The van der Waals surface area contributed by atoms with Gasteiger partial charge in [0.1, 0.15) is 0 Å². The molecular formula is C10H12N3O2+. The molecule has 78 valence electrons. The summed E-state index contributed by atoms with van der Waals surface area (Å²) >= 11 is 0. The molecule has 0 radical (unpaired) electrons. The Morgan fingerprint density at radius 3 is 2.93 bits per heavy atom. The van der Waals surface area contributed by atoms with Crippen molar-refractivity contribution in [2.45, 2.75) is 13.8 Å². The highest BCUT2D eigenvalue weighted by molar-refractivity contribution is 5.90. The van der Waals surface area contributed by atoms with Crippen molar-refractivity contribution in [3.8, 4) is 0 Å². The molecule has 0 amide bonds. The van der Waals surface area contributed by atoms with Crippen LogP contribution in [0.15, 0.2) is 6.07 Å². The monoisotopic (exact) mass is 206 g/mol. The van der Waals surface area contributed by atoms with E-state index in [0.29, 0.717) is 11.3 Å². The summed E-state index contributed by atoms with van der Waals surface area (Å²) in [5, 5.41) is 0. The number of aromatic nitrogens is 3. The first-order valence-electron chi connectivity index (χ1n) is 4.59. The number of nitrogens with one attached hydrogen (secondary N) is 2. The molecule has 2 N–H and O–H groups in total. The van der Waals surface area contributed by atoms with Gasteiger partial charge in [-0.25, -0.2) is 9.78 Å². The molecule has 0 atom stereocenters. The van der Waals surface area contributed by atoms with Crippen molar-refractivity contribution >= 4 is 17.1 Å². The maximum absolute atomic E-state index is 11.3. The van der Waals surface area contributed by atoms with Gasteiger partial charge in [0.2, 0.25) is 5.69 Å². The van der Waals surface area contributed by atoms with Gasteiger partial charge in [0, 0.05) is 6.92 Å². The van der Waals surface area contributed by atoms with E-state index in [1.807, 2.05) is 13.8 Å². The van der Waals surface area contributed by atoms with Gasteiger partial charge in [0.15, 0.2) is 11.3 Å². The number of methoxy groups -OCH3 is 1. The molecule has 0 aliphatic heterocycles. The zero-order valence-corrected chi connectivity index (χ0v) is 8.84. The van der Waals surface area contributed by atoms with Gasteiger partial charge in [0.05, 0.1) is 7.11 Å². The van der Waals surface area contributed by atoms with Crippen LogP contribution in [-0.4, -0.2) is 23.0 Å². The molecule has 2 aromatic heterocycles. The Bertz CT molecular complexity index is 531. The molecule has 0 saturated heterocycles. The molecule has 2 aromatic rings. The molecule has 2 heterocycles. The van der Waals surface area contributed by atoms with Crippen LogP contribution in [0.25, 0.3) is 11.2 Å². The van der Waals surface area contributed by atoms with Gasteiger partial charge in [-0.3, -0.25) is 4.98 Å². The number of rotatable bonds is 1. The van der Waals surface area contributed by atoms with Gasteiger partial charge in [0.25, 0.3) is 0 Å². The van der Waals surface area contributed by atoms with E-state index in [0.717, 1.165) is 16.9 Å². The lowest BCUT2D eigenvalue weighted by atomic mass is 10.2. The maximum atomic E-state index is 11.3. The number of carbonyl (C=O) groups excluding carboxylic acids is 1. The number of hydrogen-bond donors (Lipinski definition) is 1. The summed E-state index contributed by atoms with van der Waals surface area (Å²) in [6, 6.07) is 1.71. The zero-order valence-electron chi connectivity index (χ0n) is 8.84. The van der Waals surface area contributed by atoms with Crippen molar-refractivity contribution < 1.29 is 14.5 Å². The molecule has 0 aliphatic rings. The Kier molecular flexibility index (Phi) is 2.15. The zero-order chi connectivity index (χ0) is 11.0. The number of H-pyrrole nitrogens is 2. The lowest BCUT2D eigenvalue weighted by Gasteiger charge is -1.95. The van der Waals surface area contributed by atoms with Gasteiger partial charge in [-0.15, -0.1) is 0 Å². The fraction of sp³-hybridized carbons (Fsp3) is 0.300. The average Bonchev–Trinajstić information content (AvgIpc) is 2.58. The Morgan fingerprint density at radius 1 is 1.53 bits per heavy atom. The molecule has 0 saturated carbocycles.